The van der Waals surface area contributed by atoms with Gasteiger partial charge in [-0.25, -0.2) is 0 Å². The molecule has 0 radical (unpaired) electrons. The zero-order valence-electron chi connectivity index (χ0n) is 9.43. The summed E-state index contributed by atoms with van der Waals surface area (Å²) >= 11 is 0. The number of amides is 1. The topological polar surface area (TPSA) is 105 Å². The third-order valence-electron chi connectivity index (χ3n) is 2.15. The zero-order valence-corrected chi connectivity index (χ0v) is 9.43. The van der Waals surface area contributed by atoms with Crippen LogP contribution in [0.15, 0.2) is 16.8 Å². The van der Waals surface area contributed by atoms with E-state index in [-0.39, 0.29) is 5.71 Å². The van der Waals surface area contributed by atoms with Crippen molar-refractivity contribution in [3.63, 3.8) is 0 Å². The maximum Gasteiger partial charge on any atom is 0.273 e. The summed E-state index contributed by atoms with van der Waals surface area (Å²) in [4.78, 5) is 21.3. The summed E-state index contributed by atoms with van der Waals surface area (Å²) in [5, 5.41) is 24.2. The summed E-state index contributed by atoms with van der Waals surface area (Å²) in [5.74, 6) is -0.594. The number of carbonyl (C=O) groups excluding carboxylic acids is 1. The molecule has 0 aromatic heterocycles. The van der Waals surface area contributed by atoms with Crippen LogP contribution in [-0.4, -0.2) is 34.8 Å². The summed E-state index contributed by atoms with van der Waals surface area (Å²) in [6.45, 7) is 3.14. The molecule has 1 atom stereocenters. The highest BCUT2D eigenvalue weighted by Crippen LogP contribution is 2.10. The van der Waals surface area contributed by atoms with Crippen LogP contribution in [0.2, 0.25) is 0 Å². The Morgan fingerprint density at radius 3 is 2.56 bits per heavy atom. The molecule has 0 fully saturated rings. The summed E-state index contributed by atoms with van der Waals surface area (Å²) in [5.41, 5.74) is 0.175. The molecule has 16 heavy (non-hydrogen) atoms. The Balaban J connectivity index is 5.08. The van der Waals surface area contributed by atoms with Crippen molar-refractivity contribution in [3.8, 4) is 0 Å². The molecule has 0 saturated heterocycles. The largest absolute Gasteiger partial charge is 0.410 e. The maximum absolute atomic E-state index is 11.2. The molecule has 0 rings (SSSR count). The van der Waals surface area contributed by atoms with Crippen LogP contribution in [-0.2, 0) is 4.79 Å². The summed E-state index contributed by atoms with van der Waals surface area (Å²) < 4.78 is 0. The van der Waals surface area contributed by atoms with Crippen molar-refractivity contribution in [2.75, 3.05) is 7.05 Å². The van der Waals surface area contributed by atoms with Crippen LogP contribution < -0.4 is 5.32 Å². The first-order valence-electron chi connectivity index (χ1n) is 4.76. The van der Waals surface area contributed by atoms with E-state index < -0.39 is 16.9 Å². The van der Waals surface area contributed by atoms with Crippen molar-refractivity contribution in [1.29, 1.82) is 0 Å². The van der Waals surface area contributed by atoms with E-state index in [0.29, 0.717) is 12.0 Å². The van der Waals surface area contributed by atoms with Crippen molar-refractivity contribution in [2.24, 2.45) is 5.16 Å². The van der Waals surface area contributed by atoms with Gasteiger partial charge in [-0.3, -0.25) is 14.9 Å². The third-order valence-corrected chi connectivity index (χ3v) is 2.15. The van der Waals surface area contributed by atoms with Gasteiger partial charge in [-0.2, -0.15) is 0 Å². The number of nitrogens with zero attached hydrogens (tertiary/aromatic N) is 2. The van der Waals surface area contributed by atoms with Gasteiger partial charge in [0.15, 0.2) is 5.71 Å². The Kier molecular flexibility index (Phi) is 5.76. The first-order valence-corrected chi connectivity index (χ1v) is 4.76. The highest BCUT2D eigenvalue weighted by atomic mass is 16.6. The Bertz CT molecular complexity index is 336. The van der Waals surface area contributed by atoms with Gasteiger partial charge in [-0.15, -0.1) is 0 Å². The normalized spacial score (nSPS) is 14.4. The number of nitro groups is 1. The van der Waals surface area contributed by atoms with Crippen molar-refractivity contribution in [2.45, 2.75) is 26.3 Å². The van der Waals surface area contributed by atoms with Crippen LogP contribution in [0.4, 0.5) is 0 Å². The fraction of sp³-hybridized carbons (Fsp3) is 0.556. The zero-order chi connectivity index (χ0) is 12.7. The molecule has 1 amide bonds. The van der Waals surface area contributed by atoms with E-state index in [1.807, 2.05) is 0 Å². The first kappa shape index (κ1) is 14.1. The Morgan fingerprint density at radius 1 is 1.69 bits per heavy atom. The fourth-order valence-electron chi connectivity index (χ4n) is 1.10. The van der Waals surface area contributed by atoms with E-state index in [2.05, 4.69) is 10.5 Å². The number of nitrogens with one attached hydrogen (secondary N) is 1. The van der Waals surface area contributed by atoms with Gasteiger partial charge in [-0.05, 0) is 12.5 Å². The molecule has 1 unspecified atom stereocenters. The predicted octanol–water partition coefficient (Wildman–Crippen LogP) is 0.564. The molecule has 0 spiro atoms. The molecule has 0 aromatic rings. The SMILES string of the molecule is CC/C(=C\C(=N/O)C(=O)NC)C(C)[N+](=O)[O-]. The van der Waals surface area contributed by atoms with E-state index in [1.165, 1.54) is 20.0 Å². The summed E-state index contributed by atoms with van der Waals surface area (Å²) in [6, 6.07) is -0.911. The van der Waals surface area contributed by atoms with Crippen LogP contribution in [0.1, 0.15) is 20.3 Å². The lowest BCUT2D eigenvalue weighted by Crippen LogP contribution is -2.28. The molecule has 0 aliphatic carbocycles. The number of oxime groups is 1. The van der Waals surface area contributed by atoms with Gasteiger partial charge in [0.05, 0.1) is 0 Å². The average Bonchev–Trinajstić information content (AvgIpc) is 2.28. The molecule has 0 saturated carbocycles. The standard InChI is InChI=1S/C9H15N3O4/c1-4-7(6(2)12(15)16)5-8(11-14)9(13)10-3/h5-6,14H,4H2,1-3H3,(H,10,13)/b7-5+,11-8+. The van der Waals surface area contributed by atoms with E-state index in [4.69, 9.17) is 5.21 Å². The third kappa shape index (κ3) is 3.68. The molecule has 0 aliphatic rings. The number of rotatable bonds is 5. The highest BCUT2D eigenvalue weighted by molar-refractivity contribution is 6.43. The van der Waals surface area contributed by atoms with Crippen molar-refractivity contribution in [1.82, 2.24) is 5.32 Å². The molecule has 7 heteroatoms. The minimum atomic E-state index is -0.911. The van der Waals surface area contributed by atoms with Gasteiger partial charge in [-0.1, -0.05) is 12.1 Å². The minimum Gasteiger partial charge on any atom is -0.410 e. The molecular formula is C9H15N3O4. The fourth-order valence-corrected chi connectivity index (χ4v) is 1.10. The van der Waals surface area contributed by atoms with Gasteiger partial charge in [0.25, 0.3) is 5.91 Å². The van der Waals surface area contributed by atoms with Gasteiger partial charge in [0.2, 0.25) is 6.04 Å². The van der Waals surface area contributed by atoms with Crippen LogP contribution in [0.25, 0.3) is 0 Å². The Morgan fingerprint density at radius 2 is 2.25 bits per heavy atom. The monoisotopic (exact) mass is 229 g/mol. The van der Waals surface area contributed by atoms with E-state index in [9.17, 15) is 14.9 Å². The van der Waals surface area contributed by atoms with Crippen LogP contribution in [0.5, 0.6) is 0 Å². The van der Waals surface area contributed by atoms with Crippen molar-refractivity contribution in [3.05, 3.63) is 21.8 Å². The number of hydrogen-bond donors (Lipinski definition) is 2. The van der Waals surface area contributed by atoms with Crippen LogP contribution in [0.3, 0.4) is 0 Å². The lowest BCUT2D eigenvalue weighted by atomic mass is 10.0. The lowest BCUT2D eigenvalue weighted by Gasteiger charge is -2.07. The molecule has 2 N–H and O–H groups in total. The molecule has 7 nitrogen and oxygen atoms in total. The maximum atomic E-state index is 11.2. The van der Waals surface area contributed by atoms with Crippen molar-refractivity contribution >= 4 is 11.6 Å². The second-order valence-electron chi connectivity index (χ2n) is 3.10. The van der Waals surface area contributed by atoms with Crippen molar-refractivity contribution < 1.29 is 14.9 Å². The molecule has 0 bridgehead atoms. The second kappa shape index (κ2) is 6.54. The van der Waals surface area contributed by atoms with E-state index >= 15 is 0 Å². The quantitative estimate of drug-likeness (QED) is 0.311. The van der Waals surface area contributed by atoms with Gasteiger partial charge in [0.1, 0.15) is 0 Å². The molecule has 0 heterocycles. The number of hydrogen-bond acceptors (Lipinski definition) is 5. The van der Waals surface area contributed by atoms with Crippen LogP contribution in [0, 0.1) is 10.1 Å². The first-order chi connectivity index (χ1) is 7.47. The van der Waals surface area contributed by atoms with E-state index in [0.717, 1.165) is 0 Å². The average molecular weight is 229 g/mol. The molecular weight excluding hydrogens is 214 g/mol. The Hall–Kier alpha value is -1.92. The molecule has 0 aliphatic heterocycles. The summed E-state index contributed by atoms with van der Waals surface area (Å²) in [6.07, 6.45) is 1.63. The predicted molar refractivity (Wildman–Crippen MR) is 58.1 cm³/mol. The smallest absolute Gasteiger partial charge is 0.273 e. The van der Waals surface area contributed by atoms with Gasteiger partial charge < -0.3 is 10.5 Å². The summed E-state index contributed by atoms with van der Waals surface area (Å²) in [7, 11) is 1.38. The van der Waals surface area contributed by atoms with Gasteiger partial charge >= 0.3 is 0 Å². The minimum absolute atomic E-state index is 0.243. The Labute approximate surface area is 93.0 Å². The lowest BCUT2D eigenvalue weighted by molar-refractivity contribution is -0.507. The highest BCUT2D eigenvalue weighted by Gasteiger charge is 2.19. The second-order valence-corrected chi connectivity index (χ2v) is 3.10. The number of carbonyl (C=O) groups is 1. The van der Waals surface area contributed by atoms with Gasteiger partial charge in [0, 0.05) is 24.5 Å². The van der Waals surface area contributed by atoms with Crippen LogP contribution >= 0.6 is 0 Å². The van der Waals surface area contributed by atoms with E-state index in [1.54, 1.807) is 6.92 Å². The molecule has 90 valence electrons. The molecule has 0 aromatic carbocycles.